The van der Waals surface area contributed by atoms with E-state index < -0.39 is 10.0 Å². The Morgan fingerprint density at radius 3 is 2.68 bits per heavy atom. The summed E-state index contributed by atoms with van der Waals surface area (Å²) in [6.45, 7) is 1.71. The maximum absolute atomic E-state index is 12.3. The van der Waals surface area contributed by atoms with Crippen LogP contribution in [-0.2, 0) is 21.2 Å². The fourth-order valence-corrected chi connectivity index (χ4v) is 3.73. The number of anilines is 1. The number of para-hydroxylation sites is 1. The van der Waals surface area contributed by atoms with Crippen molar-refractivity contribution in [3.63, 3.8) is 0 Å². The minimum atomic E-state index is -3.57. The molecule has 3 rings (SSSR count). The first-order chi connectivity index (χ1) is 11.9. The zero-order chi connectivity index (χ0) is 18.0. The van der Waals surface area contributed by atoms with Gasteiger partial charge in [0, 0.05) is 22.8 Å². The summed E-state index contributed by atoms with van der Waals surface area (Å²) in [4.78, 5) is 15.6. The van der Waals surface area contributed by atoms with Crippen molar-refractivity contribution in [2.45, 2.75) is 18.2 Å². The van der Waals surface area contributed by atoms with E-state index >= 15 is 0 Å². The van der Waals surface area contributed by atoms with Crippen LogP contribution in [0.1, 0.15) is 11.1 Å². The van der Waals surface area contributed by atoms with Crippen molar-refractivity contribution in [3.8, 4) is 0 Å². The van der Waals surface area contributed by atoms with Gasteiger partial charge in [-0.2, -0.15) is 0 Å². The number of H-pyrrole nitrogens is 1. The van der Waals surface area contributed by atoms with Gasteiger partial charge in [0.2, 0.25) is 15.9 Å². The number of aryl methyl sites for hydroxylation is 1. The Morgan fingerprint density at radius 1 is 1.16 bits per heavy atom. The number of carbonyl (C=O) groups is 1. The molecule has 0 aliphatic rings. The van der Waals surface area contributed by atoms with Gasteiger partial charge in [0.25, 0.3) is 0 Å². The van der Waals surface area contributed by atoms with Crippen LogP contribution in [0.2, 0.25) is 0 Å². The third-order valence-electron chi connectivity index (χ3n) is 4.06. The molecule has 25 heavy (non-hydrogen) atoms. The van der Waals surface area contributed by atoms with Crippen LogP contribution in [0.3, 0.4) is 0 Å². The van der Waals surface area contributed by atoms with Gasteiger partial charge in [-0.25, -0.2) is 13.1 Å². The molecule has 0 fully saturated rings. The predicted octanol–water partition coefficient (Wildman–Crippen LogP) is 2.57. The van der Waals surface area contributed by atoms with Gasteiger partial charge in [0.1, 0.15) is 0 Å². The van der Waals surface area contributed by atoms with E-state index in [0.29, 0.717) is 11.3 Å². The molecular weight excluding hydrogens is 338 g/mol. The van der Waals surface area contributed by atoms with Crippen LogP contribution in [0.4, 0.5) is 5.69 Å². The van der Waals surface area contributed by atoms with E-state index in [-0.39, 0.29) is 17.2 Å². The van der Waals surface area contributed by atoms with E-state index in [4.69, 9.17) is 0 Å². The molecule has 0 atom stereocenters. The van der Waals surface area contributed by atoms with Crippen LogP contribution in [-0.4, -0.2) is 26.4 Å². The van der Waals surface area contributed by atoms with Crippen molar-refractivity contribution < 1.29 is 13.2 Å². The Labute approximate surface area is 146 Å². The third kappa shape index (κ3) is 3.57. The maximum atomic E-state index is 12.3. The summed E-state index contributed by atoms with van der Waals surface area (Å²) in [5.41, 5.74) is 2.93. The maximum Gasteiger partial charge on any atom is 0.240 e. The number of nitrogens with one attached hydrogen (secondary N) is 3. The van der Waals surface area contributed by atoms with E-state index in [1.807, 2.05) is 30.5 Å². The molecule has 7 heteroatoms. The smallest absolute Gasteiger partial charge is 0.240 e. The van der Waals surface area contributed by atoms with Crippen LogP contribution in [0.15, 0.2) is 53.6 Å². The predicted molar refractivity (Wildman–Crippen MR) is 98.1 cm³/mol. The monoisotopic (exact) mass is 357 g/mol. The summed E-state index contributed by atoms with van der Waals surface area (Å²) in [7, 11) is -2.21. The summed E-state index contributed by atoms with van der Waals surface area (Å²) in [5.74, 6) is -0.207. The Morgan fingerprint density at radius 2 is 1.92 bits per heavy atom. The average Bonchev–Trinajstić information content (AvgIpc) is 2.99. The van der Waals surface area contributed by atoms with Crippen molar-refractivity contribution >= 4 is 32.5 Å². The molecule has 0 saturated carbocycles. The highest BCUT2D eigenvalue weighted by molar-refractivity contribution is 7.89. The normalized spacial score (nSPS) is 11.6. The second kappa shape index (κ2) is 6.70. The van der Waals surface area contributed by atoms with Crippen LogP contribution in [0, 0.1) is 6.92 Å². The fraction of sp³-hybridized carbons (Fsp3) is 0.167. The fourth-order valence-electron chi connectivity index (χ4n) is 2.73. The van der Waals surface area contributed by atoms with Crippen LogP contribution >= 0.6 is 0 Å². The molecule has 0 spiro atoms. The SMILES string of the molecule is CNS(=O)(=O)c1cc(NC(=O)Cc2c[nH]c3ccccc23)ccc1C. The van der Waals surface area contributed by atoms with Crippen molar-refractivity contribution in [1.29, 1.82) is 0 Å². The molecule has 0 saturated heterocycles. The minimum Gasteiger partial charge on any atom is -0.361 e. The molecule has 0 unspecified atom stereocenters. The Balaban J connectivity index is 1.81. The zero-order valence-corrected chi connectivity index (χ0v) is 14.8. The number of benzene rings is 2. The summed E-state index contributed by atoms with van der Waals surface area (Å²) in [5, 5.41) is 3.76. The number of carbonyl (C=O) groups excluding carboxylic acids is 1. The minimum absolute atomic E-state index is 0.153. The van der Waals surface area contributed by atoms with Gasteiger partial charge < -0.3 is 10.3 Å². The van der Waals surface area contributed by atoms with Gasteiger partial charge in [0.15, 0.2) is 0 Å². The summed E-state index contributed by atoms with van der Waals surface area (Å²) < 4.78 is 26.4. The molecule has 1 heterocycles. The highest BCUT2D eigenvalue weighted by Gasteiger charge is 2.16. The highest BCUT2D eigenvalue weighted by atomic mass is 32.2. The number of aromatic amines is 1. The number of amides is 1. The number of sulfonamides is 1. The second-order valence-corrected chi connectivity index (χ2v) is 7.63. The molecule has 0 radical (unpaired) electrons. The van der Waals surface area contributed by atoms with Gasteiger partial charge in [0.05, 0.1) is 11.3 Å². The van der Waals surface area contributed by atoms with Gasteiger partial charge in [-0.3, -0.25) is 4.79 Å². The lowest BCUT2D eigenvalue weighted by molar-refractivity contribution is -0.115. The van der Waals surface area contributed by atoms with Crippen LogP contribution in [0.5, 0.6) is 0 Å². The van der Waals surface area contributed by atoms with Crippen molar-refractivity contribution in [2.24, 2.45) is 0 Å². The Bertz CT molecular complexity index is 1040. The molecular formula is C18H19N3O3S. The first-order valence-electron chi connectivity index (χ1n) is 7.80. The molecule has 1 aromatic heterocycles. The van der Waals surface area contributed by atoms with Gasteiger partial charge in [-0.1, -0.05) is 24.3 Å². The molecule has 3 aromatic rings. The van der Waals surface area contributed by atoms with Gasteiger partial charge >= 0.3 is 0 Å². The average molecular weight is 357 g/mol. The summed E-state index contributed by atoms with van der Waals surface area (Å²) >= 11 is 0. The molecule has 130 valence electrons. The van der Waals surface area contributed by atoms with Crippen LogP contribution in [0.25, 0.3) is 10.9 Å². The largest absolute Gasteiger partial charge is 0.361 e. The standard InChI is InChI=1S/C18H19N3O3S/c1-12-7-8-14(10-17(12)25(23,24)19-2)21-18(22)9-13-11-20-16-6-4-3-5-15(13)16/h3-8,10-11,19-20H,9H2,1-2H3,(H,21,22). The van der Waals surface area contributed by atoms with Gasteiger partial charge in [-0.15, -0.1) is 0 Å². The van der Waals surface area contributed by atoms with Crippen molar-refractivity contribution in [1.82, 2.24) is 9.71 Å². The van der Waals surface area contributed by atoms with Gasteiger partial charge in [-0.05, 0) is 43.3 Å². The zero-order valence-electron chi connectivity index (χ0n) is 14.0. The molecule has 2 aromatic carbocycles. The quantitative estimate of drug-likeness (QED) is 0.655. The summed E-state index contributed by atoms with van der Waals surface area (Å²) in [6, 6.07) is 12.6. The second-order valence-electron chi connectivity index (χ2n) is 5.77. The number of hydrogen-bond donors (Lipinski definition) is 3. The number of fused-ring (bicyclic) bond motifs is 1. The van der Waals surface area contributed by atoms with E-state index in [1.165, 1.54) is 13.1 Å². The lowest BCUT2D eigenvalue weighted by Gasteiger charge is -2.10. The first kappa shape index (κ1) is 17.2. The molecule has 6 nitrogen and oxygen atoms in total. The number of hydrogen-bond acceptors (Lipinski definition) is 3. The molecule has 0 aliphatic heterocycles. The first-order valence-corrected chi connectivity index (χ1v) is 9.28. The lowest BCUT2D eigenvalue weighted by atomic mass is 10.1. The van der Waals surface area contributed by atoms with Crippen LogP contribution < -0.4 is 10.0 Å². The molecule has 3 N–H and O–H groups in total. The van der Waals surface area contributed by atoms with E-state index in [0.717, 1.165) is 16.5 Å². The highest BCUT2D eigenvalue weighted by Crippen LogP contribution is 2.21. The topological polar surface area (TPSA) is 91.1 Å². The van der Waals surface area contributed by atoms with E-state index in [1.54, 1.807) is 19.1 Å². The van der Waals surface area contributed by atoms with Crippen molar-refractivity contribution in [2.75, 3.05) is 12.4 Å². The molecule has 0 bridgehead atoms. The lowest BCUT2D eigenvalue weighted by Crippen LogP contribution is -2.20. The molecule has 0 aliphatic carbocycles. The summed E-state index contributed by atoms with van der Waals surface area (Å²) in [6.07, 6.45) is 2.02. The number of rotatable bonds is 5. The third-order valence-corrected chi connectivity index (χ3v) is 5.61. The Kier molecular flexibility index (Phi) is 4.61. The Hall–Kier alpha value is -2.64. The molecule has 1 amide bonds. The number of aromatic nitrogens is 1. The van der Waals surface area contributed by atoms with Crippen molar-refractivity contribution in [3.05, 3.63) is 59.8 Å². The van der Waals surface area contributed by atoms with E-state index in [2.05, 4.69) is 15.0 Å². The van der Waals surface area contributed by atoms with E-state index in [9.17, 15) is 13.2 Å².